The molecule has 18 heavy (non-hydrogen) atoms. The second-order valence-corrected chi connectivity index (χ2v) is 5.87. The van der Waals surface area contributed by atoms with Crippen LogP contribution in [0.4, 0.5) is 4.79 Å². The minimum absolute atomic E-state index is 0.0332. The quantitative estimate of drug-likeness (QED) is 0.666. The van der Waals surface area contributed by atoms with Crippen molar-refractivity contribution in [1.82, 2.24) is 9.80 Å². The predicted molar refractivity (Wildman–Crippen MR) is 61.9 cm³/mol. The molecular weight excluding hydrogens is 236 g/mol. The molecule has 2 atom stereocenters. The average molecular weight is 254 g/mol. The largest absolute Gasteiger partial charge is 0.371 e. The SMILES string of the molecule is CC1(C)CN(CC2CO2)C(=O)N(CC2CO2)C1=O. The lowest BCUT2D eigenvalue weighted by atomic mass is 9.88. The third kappa shape index (κ3) is 2.22. The molecule has 0 radical (unpaired) electrons. The maximum absolute atomic E-state index is 12.3. The molecule has 0 N–H and O–H groups in total. The third-order valence-corrected chi connectivity index (χ3v) is 3.53. The highest BCUT2D eigenvalue weighted by Crippen LogP contribution is 2.29. The average Bonchev–Trinajstić information content (AvgIpc) is 3.15. The van der Waals surface area contributed by atoms with E-state index >= 15 is 0 Å². The van der Waals surface area contributed by atoms with Gasteiger partial charge in [0.1, 0.15) is 0 Å². The molecule has 3 saturated heterocycles. The van der Waals surface area contributed by atoms with E-state index in [4.69, 9.17) is 9.47 Å². The zero-order valence-corrected chi connectivity index (χ0v) is 10.7. The zero-order chi connectivity index (χ0) is 12.9. The van der Waals surface area contributed by atoms with Crippen molar-refractivity contribution in [1.29, 1.82) is 0 Å². The van der Waals surface area contributed by atoms with Crippen molar-refractivity contribution in [3.63, 3.8) is 0 Å². The maximum Gasteiger partial charge on any atom is 0.326 e. The van der Waals surface area contributed by atoms with Crippen molar-refractivity contribution in [3.05, 3.63) is 0 Å². The first-order valence-corrected chi connectivity index (χ1v) is 6.31. The van der Waals surface area contributed by atoms with Gasteiger partial charge in [-0.3, -0.25) is 9.69 Å². The number of urea groups is 1. The number of amides is 3. The summed E-state index contributed by atoms with van der Waals surface area (Å²) in [7, 11) is 0. The van der Waals surface area contributed by atoms with Gasteiger partial charge in [-0.1, -0.05) is 0 Å². The number of hydrogen-bond donors (Lipinski definition) is 0. The number of ether oxygens (including phenoxy) is 2. The van der Waals surface area contributed by atoms with E-state index in [1.807, 2.05) is 13.8 Å². The number of imide groups is 1. The number of carbonyl (C=O) groups excluding carboxylic acids is 2. The lowest BCUT2D eigenvalue weighted by molar-refractivity contribution is -0.142. The molecule has 0 saturated carbocycles. The highest BCUT2D eigenvalue weighted by molar-refractivity contribution is 5.99. The minimum Gasteiger partial charge on any atom is -0.371 e. The fraction of sp³-hybridized carbons (Fsp3) is 0.833. The summed E-state index contributed by atoms with van der Waals surface area (Å²) in [6, 6.07) is -0.203. The van der Waals surface area contributed by atoms with Crippen molar-refractivity contribution in [2.75, 3.05) is 32.8 Å². The molecular formula is C12H18N2O4. The topological polar surface area (TPSA) is 65.7 Å². The van der Waals surface area contributed by atoms with Crippen LogP contribution in [0.2, 0.25) is 0 Å². The molecule has 3 amide bonds. The Hall–Kier alpha value is -1.14. The highest BCUT2D eigenvalue weighted by atomic mass is 16.6. The molecule has 3 heterocycles. The van der Waals surface area contributed by atoms with E-state index in [2.05, 4.69) is 0 Å². The first-order valence-electron chi connectivity index (χ1n) is 6.31. The van der Waals surface area contributed by atoms with Crippen molar-refractivity contribution >= 4 is 11.9 Å². The Balaban J connectivity index is 1.75. The molecule has 0 spiro atoms. The maximum atomic E-state index is 12.3. The van der Waals surface area contributed by atoms with E-state index in [9.17, 15) is 9.59 Å². The van der Waals surface area contributed by atoms with Crippen LogP contribution in [0.5, 0.6) is 0 Å². The van der Waals surface area contributed by atoms with E-state index < -0.39 is 5.41 Å². The lowest BCUT2D eigenvalue weighted by Crippen LogP contribution is -2.61. The summed E-state index contributed by atoms with van der Waals surface area (Å²) < 4.78 is 10.3. The van der Waals surface area contributed by atoms with Gasteiger partial charge in [-0.15, -0.1) is 0 Å². The Morgan fingerprint density at radius 2 is 1.72 bits per heavy atom. The number of nitrogens with zero attached hydrogens (tertiary/aromatic N) is 2. The van der Waals surface area contributed by atoms with Gasteiger partial charge >= 0.3 is 6.03 Å². The molecule has 100 valence electrons. The van der Waals surface area contributed by atoms with Crippen molar-refractivity contribution < 1.29 is 19.1 Å². The van der Waals surface area contributed by atoms with Crippen LogP contribution < -0.4 is 0 Å². The number of hydrogen-bond acceptors (Lipinski definition) is 4. The zero-order valence-electron chi connectivity index (χ0n) is 10.7. The Bertz CT molecular complexity index is 388. The van der Waals surface area contributed by atoms with Crippen LogP contribution in [0.1, 0.15) is 13.8 Å². The van der Waals surface area contributed by atoms with Gasteiger partial charge in [0.2, 0.25) is 5.91 Å². The van der Waals surface area contributed by atoms with E-state index in [-0.39, 0.29) is 24.1 Å². The normalized spacial score (nSPS) is 33.9. The lowest BCUT2D eigenvalue weighted by Gasteiger charge is -2.42. The fourth-order valence-electron chi connectivity index (χ4n) is 2.34. The third-order valence-electron chi connectivity index (χ3n) is 3.53. The van der Waals surface area contributed by atoms with E-state index in [0.29, 0.717) is 32.8 Å². The Morgan fingerprint density at radius 3 is 2.28 bits per heavy atom. The van der Waals surface area contributed by atoms with Crippen LogP contribution >= 0.6 is 0 Å². The molecule has 6 nitrogen and oxygen atoms in total. The van der Waals surface area contributed by atoms with Crippen LogP contribution in [-0.4, -0.2) is 66.8 Å². The van der Waals surface area contributed by atoms with E-state index in [0.717, 1.165) is 0 Å². The van der Waals surface area contributed by atoms with Gasteiger partial charge in [-0.05, 0) is 13.8 Å². The van der Waals surface area contributed by atoms with Crippen molar-refractivity contribution in [3.8, 4) is 0 Å². The molecule has 3 aliphatic heterocycles. The molecule has 2 unspecified atom stereocenters. The molecule has 3 fully saturated rings. The Morgan fingerprint density at radius 1 is 1.17 bits per heavy atom. The molecule has 3 rings (SSSR count). The second kappa shape index (κ2) is 3.93. The Labute approximate surface area is 106 Å². The fourth-order valence-corrected chi connectivity index (χ4v) is 2.34. The van der Waals surface area contributed by atoms with Crippen LogP contribution in [0.15, 0.2) is 0 Å². The number of carbonyl (C=O) groups is 2. The molecule has 6 heteroatoms. The Kier molecular flexibility index (Phi) is 2.60. The van der Waals surface area contributed by atoms with E-state index in [1.54, 1.807) is 4.90 Å². The summed E-state index contributed by atoms with van der Waals surface area (Å²) in [6.07, 6.45) is 0.183. The van der Waals surface area contributed by atoms with Crippen LogP contribution in [0.3, 0.4) is 0 Å². The molecule has 0 aromatic heterocycles. The van der Waals surface area contributed by atoms with Gasteiger partial charge < -0.3 is 14.4 Å². The van der Waals surface area contributed by atoms with Crippen molar-refractivity contribution in [2.24, 2.45) is 5.41 Å². The number of epoxide rings is 2. The molecule has 0 aliphatic carbocycles. The van der Waals surface area contributed by atoms with Crippen LogP contribution in [0.25, 0.3) is 0 Å². The summed E-state index contributed by atoms with van der Waals surface area (Å²) in [6.45, 7) is 6.53. The minimum atomic E-state index is -0.530. The van der Waals surface area contributed by atoms with Crippen molar-refractivity contribution in [2.45, 2.75) is 26.1 Å². The van der Waals surface area contributed by atoms with Gasteiger partial charge in [0.25, 0.3) is 0 Å². The first-order chi connectivity index (χ1) is 8.47. The van der Waals surface area contributed by atoms with Gasteiger partial charge in [0.15, 0.2) is 0 Å². The highest BCUT2D eigenvalue weighted by Gasteiger charge is 2.47. The molecule has 0 aromatic rings. The summed E-state index contributed by atoms with van der Waals surface area (Å²) in [5, 5.41) is 0. The summed E-state index contributed by atoms with van der Waals surface area (Å²) in [4.78, 5) is 27.6. The molecule has 3 aliphatic rings. The van der Waals surface area contributed by atoms with E-state index in [1.165, 1.54) is 4.90 Å². The molecule has 0 bridgehead atoms. The smallest absolute Gasteiger partial charge is 0.326 e. The van der Waals surface area contributed by atoms with Crippen LogP contribution in [0, 0.1) is 5.41 Å². The first kappa shape index (κ1) is 11.9. The monoisotopic (exact) mass is 254 g/mol. The standard InChI is InChI=1S/C12H18N2O4/c1-12(2)7-13(3-8-5-17-8)11(16)14(10(12)15)4-9-6-18-9/h8-9H,3-7H2,1-2H3. The van der Waals surface area contributed by atoms with Crippen LogP contribution in [-0.2, 0) is 14.3 Å². The van der Waals surface area contributed by atoms with Gasteiger partial charge in [0, 0.05) is 6.54 Å². The number of rotatable bonds is 4. The van der Waals surface area contributed by atoms with Gasteiger partial charge in [-0.25, -0.2) is 4.79 Å². The summed E-state index contributed by atoms with van der Waals surface area (Å²) in [5.74, 6) is -0.101. The van der Waals surface area contributed by atoms with Gasteiger partial charge in [-0.2, -0.15) is 0 Å². The summed E-state index contributed by atoms with van der Waals surface area (Å²) >= 11 is 0. The van der Waals surface area contributed by atoms with Gasteiger partial charge in [0.05, 0.1) is 43.9 Å². The summed E-state index contributed by atoms with van der Waals surface area (Å²) in [5.41, 5.74) is -0.530. The molecule has 0 aromatic carbocycles. The second-order valence-electron chi connectivity index (χ2n) is 5.87. The predicted octanol–water partition coefficient (Wildman–Crippen LogP) is 0.0744.